The quantitative estimate of drug-likeness (QED) is 0.746. The minimum atomic E-state index is 0.531. The first-order valence-electron chi connectivity index (χ1n) is 6.15. The largest absolute Gasteiger partial charge is 0.369 e. The summed E-state index contributed by atoms with van der Waals surface area (Å²) in [6.45, 7) is 4.92. The molecule has 18 heavy (non-hydrogen) atoms. The summed E-state index contributed by atoms with van der Waals surface area (Å²) in [5.74, 6) is 0.531. The molecule has 5 heteroatoms. The van der Waals surface area contributed by atoms with E-state index in [2.05, 4.69) is 28.8 Å². The summed E-state index contributed by atoms with van der Waals surface area (Å²) in [4.78, 5) is 13.5. The molecule has 0 aliphatic carbocycles. The molecule has 0 aliphatic rings. The van der Waals surface area contributed by atoms with E-state index in [4.69, 9.17) is 5.73 Å². The summed E-state index contributed by atoms with van der Waals surface area (Å²) in [6, 6.07) is 3.97. The van der Waals surface area contributed by atoms with Crippen LogP contribution in [0.4, 0.5) is 5.95 Å². The van der Waals surface area contributed by atoms with E-state index in [-0.39, 0.29) is 0 Å². The van der Waals surface area contributed by atoms with Gasteiger partial charge in [0.25, 0.3) is 0 Å². The van der Waals surface area contributed by atoms with E-state index < -0.39 is 0 Å². The van der Waals surface area contributed by atoms with Crippen LogP contribution in [0.5, 0.6) is 0 Å². The number of nitrogen functional groups attached to an aromatic ring is 1. The Morgan fingerprint density at radius 2 is 2.00 bits per heavy atom. The lowest BCUT2D eigenvalue weighted by Crippen LogP contribution is -2.00. The van der Waals surface area contributed by atoms with Crippen LogP contribution in [0.15, 0.2) is 18.3 Å². The molecule has 0 amide bonds. The van der Waals surface area contributed by atoms with Crippen LogP contribution in [-0.2, 0) is 13.0 Å². The van der Waals surface area contributed by atoms with Gasteiger partial charge in [-0.05, 0) is 25.5 Å². The van der Waals surface area contributed by atoms with Crippen molar-refractivity contribution >= 4 is 28.0 Å². The first-order valence-corrected chi connectivity index (χ1v) is 6.15. The maximum atomic E-state index is 5.93. The number of nitrogens with two attached hydrogens (primary N) is 1. The molecule has 3 rings (SSSR count). The number of nitrogens with zero attached hydrogens (tertiary/aromatic N) is 4. The maximum Gasteiger partial charge on any atom is 0.201 e. The highest BCUT2D eigenvalue weighted by molar-refractivity contribution is 6.01. The lowest BCUT2D eigenvalue weighted by atomic mass is 10.2. The van der Waals surface area contributed by atoms with Gasteiger partial charge in [0.2, 0.25) is 5.95 Å². The van der Waals surface area contributed by atoms with Gasteiger partial charge in [-0.15, -0.1) is 0 Å². The third-order valence-corrected chi connectivity index (χ3v) is 3.19. The van der Waals surface area contributed by atoms with Gasteiger partial charge in [0.05, 0.1) is 16.7 Å². The third kappa shape index (κ3) is 1.44. The number of fused-ring (bicyclic) bond motifs is 3. The van der Waals surface area contributed by atoms with Crippen LogP contribution in [0.25, 0.3) is 22.1 Å². The lowest BCUT2D eigenvalue weighted by molar-refractivity contribution is 0.800. The number of imidazole rings is 1. The van der Waals surface area contributed by atoms with Crippen LogP contribution in [0.1, 0.15) is 19.5 Å². The summed E-state index contributed by atoms with van der Waals surface area (Å²) in [5.41, 5.74) is 10.5. The third-order valence-electron chi connectivity index (χ3n) is 3.19. The van der Waals surface area contributed by atoms with Gasteiger partial charge < -0.3 is 10.3 Å². The molecule has 2 aromatic heterocycles. The number of anilines is 1. The van der Waals surface area contributed by atoms with Crippen molar-refractivity contribution in [2.45, 2.75) is 26.8 Å². The van der Waals surface area contributed by atoms with Crippen LogP contribution >= 0.6 is 0 Å². The summed E-state index contributed by atoms with van der Waals surface area (Å²) >= 11 is 0. The molecule has 3 aromatic rings. The van der Waals surface area contributed by atoms with Crippen molar-refractivity contribution in [1.29, 1.82) is 0 Å². The highest BCUT2D eigenvalue weighted by Gasteiger charge is 2.11. The lowest BCUT2D eigenvalue weighted by Gasteiger charge is -2.03. The molecule has 92 valence electrons. The van der Waals surface area contributed by atoms with Crippen LogP contribution < -0.4 is 5.73 Å². The van der Waals surface area contributed by atoms with E-state index in [0.717, 1.165) is 40.7 Å². The molecular formula is C13H15N5. The van der Waals surface area contributed by atoms with E-state index in [1.807, 2.05) is 22.9 Å². The highest BCUT2D eigenvalue weighted by Crippen LogP contribution is 2.24. The molecule has 0 atom stereocenters. The Labute approximate surface area is 105 Å². The minimum Gasteiger partial charge on any atom is -0.369 e. The van der Waals surface area contributed by atoms with Crippen molar-refractivity contribution in [2.24, 2.45) is 0 Å². The molecule has 2 heterocycles. The van der Waals surface area contributed by atoms with Gasteiger partial charge >= 0.3 is 0 Å². The van der Waals surface area contributed by atoms with Crippen LogP contribution in [0.3, 0.4) is 0 Å². The van der Waals surface area contributed by atoms with Gasteiger partial charge in [-0.25, -0.2) is 9.97 Å². The second-order valence-corrected chi connectivity index (χ2v) is 4.23. The van der Waals surface area contributed by atoms with Crippen molar-refractivity contribution in [3.63, 3.8) is 0 Å². The first kappa shape index (κ1) is 11.0. The number of aromatic nitrogens is 4. The zero-order valence-electron chi connectivity index (χ0n) is 10.5. The fourth-order valence-electron chi connectivity index (χ4n) is 2.22. The molecule has 5 nitrogen and oxygen atoms in total. The van der Waals surface area contributed by atoms with Crippen molar-refractivity contribution < 1.29 is 0 Å². The van der Waals surface area contributed by atoms with E-state index in [9.17, 15) is 0 Å². The SMILES string of the molecule is CCc1cnc2ccc3c(nc(N)n3CC)c2n1. The van der Waals surface area contributed by atoms with E-state index in [0.29, 0.717) is 5.95 Å². The molecule has 0 radical (unpaired) electrons. The maximum absolute atomic E-state index is 5.93. The molecular weight excluding hydrogens is 226 g/mol. The molecule has 2 N–H and O–H groups in total. The average Bonchev–Trinajstić information content (AvgIpc) is 2.73. The fourth-order valence-corrected chi connectivity index (χ4v) is 2.22. The van der Waals surface area contributed by atoms with E-state index in [1.54, 1.807) is 0 Å². The second-order valence-electron chi connectivity index (χ2n) is 4.23. The Morgan fingerprint density at radius 3 is 2.72 bits per heavy atom. The minimum absolute atomic E-state index is 0.531. The van der Waals surface area contributed by atoms with E-state index >= 15 is 0 Å². The van der Waals surface area contributed by atoms with Gasteiger partial charge in [0, 0.05) is 12.7 Å². The molecule has 0 spiro atoms. The number of hydrogen-bond acceptors (Lipinski definition) is 4. The second kappa shape index (κ2) is 3.94. The zero-order chi connectivity index (χ0) is 12.7. The normalized spacial score (nSPS) is 11.4. The Morgan fingerprint density at radius 1 is 1.17 bits per heavy atom. The molecule has 0 bridgehead atoms. The molecule has 1 aromatic carbocycles. The van der Waals surface area contributed by atoms with Crippen LogP contribution in [0.2, 0.25) is 0 Å². The van der Waals surface area contributed by atoms with Gasteiger partial charge in [-0.1, -0.05) is 6.92 Å². The number of aryl methyl sites for hydroxylation is 2. The predicted molar refractivity (Wildman–Crippen MR) is 72.3 cm³/mol. The monoisotopic (exact) mass is 241 g/mol. The standard InChI is InChI=1S/C13H15N5/c1-3-8-7-15-9-5-6-10-12(11(9)16-8)17-13(14)18(10)4-2/h5-7H,3-4H2,1-2H3,(H2,14,17). The smallest absolute Gasteiger partial charge is 0.201 e. The fraction of sp³-hybridized carbons (Fsp3) is 0.308. The van der Waals surface area contributed by atoms with Crippen molar-refractivity contribution in [2.75, 3.05) is 5.73 Å². The van der Waals surface area contributed by atoms with Gasteiger partial charge in [-0.2, -0.15) is 0 Å². The summed E-state index contributed by atoms with van der Waals surface area (Å²) in [6.07, 6.45) is 2.68. The topological polar surface area (TPSA) is 69.6 Å². The van der Waals surface area contributed by atoms with Gasteiger partial charge in [0.15, 0.2) is 0 Å². The molecule has 0 aliphatic heterocycles. The average molecular weight is 241 g/mol. The summed E-state index contributed by atoms with van der Waals surface area (Å²) in [7, 11) is 0. The molecule has 0 fully saturated rings. The highest BCUT2D eigenvalue weighted by atomic mass is 15.1. The predicted octanol–water partition coefficient (Wildman–Crippen LogP) is 2.14. The van der Waals surface area contributed by atoms with Crippen molar-refractivity contribution in [3.8, 4) is 0 Å². The Hall–Kier alpha value is -2.17. The van der Waals surface area contributed by atoms with Crippen LogP contribution in [-0.4, -0.2) is 19.5 Å². The number of benzene rings is 1. The molecule has 0 saturated carbocycles. The number of hydrogen-bond donors (Lipinski definition) is 1. The van der Waals surface area contributed by atoms with Gasteiger partial charge in [-0.3, -0.25) is 4.98 Å². The van der Waals surface area contributed by atoms with Crippen molar-refractivity contribution in [1.82, 2.24) is 19.5 Å². The summed E-state index contributed by atoms with van der Waals surface area (Å²) in [5, 5.41) is 0. The first-order chi connectivity index (χ1) is 8.74. The molecule has 0 unspecified atom stereocenters. The zero-order valence-corrected chi connectivity index (χ0v) is 10.5. The Balaban J connectivity index is 2.44. The Kier molecular flexibility index (Phi) is 2.40. The van der Waals surface area contributed by atoms with Gasteiger partial charge in [0.1, 0.15) is 11.0 Å². The summed E-state index contributed by atoms with van der Waals surface area (Å²) < 4.78 is 1.98. The van der Waals surface area contributed by atoms with Crippen LogP contribution in [0, 0.1) is 0 Å². The Bertz CT molecular complexity index is 729. The molecule has 0 saturated heterocycles. The number of rotatable bonds is 2. The van der Waals surface area contributed by atoms with E-state index in [1.165, 1.54) is 0 Å². The van der Waals surface area contributed by atoms with Crippen molar-refractivity contribution in [3.05, 3.63) is 24.0 Å².